The molecule has 0 spiro atoms. The zero-order valence-electron chi connectivity index (χ0n) is 14.8. The van der Waals surface area contributed by atoms with E-state index in [4.69, 9.17) is 9.47 Å². The van der Waals surface area contributed by atoms with Crippen molar-refractivity contribution in [2.75, 3.05) is 20.3 Å². The number of nitrogens with zero attached hydrogens (tertiary/aromatic N) is 1. The second-order valence-corrected chi connectivity index (χ2v) is 8.31. The molecule has 1 fully saturated rings. The van der Waals surface area contributed by atoms with E-state index in [1.807, 2.05) is 29.2 Å². The summed E-state index contributed by atoms with van der Waals surface area (Å²) >= 11 is 5.91. The van der Waals surface area contributed by atoms with E-state index in [1.54, 1.807) is 7.11 Å². The Morgan fingerprint density at radius 2 is 2.00 bits per heavy atom. The van der Waals surface area contributed by atoms with E-state index in [1.165, 1.54) is 9.13 Å². The average Bonchev–Trinajstić information content (AvgIpc) is 2.63. The zero-order valence-corrected chi connectivity index (χ0v) is 18.5. The van der Waals surface area contributed by atoms with Gasteiger partial charge in [-0.05, 0) is 80.3 Å². The van der Waals surface area contributed by atoms with Crippen molar-refractivity contribution in [3.63, 3.8) is 0 Å². The van der Waals surface area contributed by atoms with Crippen molar-refractivity contribution < 1.29 is 14.3 Å². The Balaban J connectivity index is 1.69. The van der Waals surface area contributed by atoms with E-state index in [9.17, 15) is 4.79 Å². The van der Waals surface area contributed by atoms with Crippen molar-refractivity contribution in [1.29, 1.82) is 0 Å². The lowest BCUT2D eigenvalue weighted by Crippen LogP contribution is -2.48. The molecule has 1 unspecified atom stereocenters. The van der Waals surface area contributed by atoms with Gasteiger partial charge in [-0.1, -0.05) is 18.2 Å². The lowest BCUT2D eigenvalue weighted by molar-refractivity contribution is -0.153. The number of aryl methyl sites for hydroxylation is 1. The summed E-state index contributed by atoms with van der Waals surface area (Å²) in [4.78, 5) is 14.7. The van der Waals surface area contributed by atoms with Crippen molar-refractivity contribution in [1.82, 2.24) is 4.90 Å². The van der Waals surface area contributed by atoms with Crippen LogP contribution in [-0.4, -0.2) is 37.2 Å². The summed E-state index contributed by atoms with van der Waals surface area (Å²) in [7, 11) is 1.65. The lowest BCUT2D eigenvalue weighted by atomic mass is 10.0. The highest BCUT2D eigenvalue weighted by atomic mass is 127. The minimum Gasteiger partial charge on any atom is -0.497 e. The maximum atomic E-state index is 12.9. The highest BCUT2D eigenvalue weighted by Gasteiger charge is 2.30. The SMILES string of the molecule is COc1ccc(CN2CCOC(Cc3cc(C)c(I)c(Br)c3)C2=O)cc1. The Kier molecular flexibility index (Phi) is 6.58. The van der Waals surface area contributed by atoms with Gasteiger partial charge in [0, 0.05) is 27.6 Å². The first kappa shape index (κ1) is 19.6. The summed E-state index contributed by atoms with van der Waals surface area (Å²) in [6.45, 7) is 3.86. The molecule has 1 amide bonds. The number of halogens is 2. The topological polar surface area (TPSA) is 38.8 Å². The third-order valence-corrected chi connectivity index (χ3v) is 7.29. The average molecular weight is 530 g/mol. The molecule has 0 saturated carbocycles. The molecule has 2 aromatic rings. The van der Waals surface area contributed by atoms with Gasteiger partial charge in [0.2, 0.25) is 0 Å². The molecule has 0 N–H and O–H groups in total. The molecule has 2 aromatic carbocycles. The molecule has 1 aliphatic heterocycles. The van der Waals surface area contributed by atoms with Gasteiger partial charge in [-0.15, -0.1) is 0 Å². The predicted molar refractivity (Wildman–Crippen MR) is 113 cm³/mol. The van der Waals surface area contributed by atoms with Crippen molar-refractivity contribution in [2.24, 2.45) is 0 Å². The van der Waals surface area contributed by atoms with Crippen molar-refractivity contribution in [3.05, 3.63) is 61.1 Å². The van der Waals surface area contributed by atoms with Crippen LogP contribution in [0.2, 0.25) is 0 Å². The zero-order chi connectivity index (χ0) is 18.7. The van der Waals surface area contributed by atoms with Crippen LogP contribution in [0.15, 0.2) is 40.9 Å². The van der Waals surface area contributed by atoms with Gasteiger partial charge in [-0.2, -0.15) is 0 Å². The fraction of sp³-hybridized carbons (Fsp3) is 0.350. The van der Waals surface area contributed by atoms with Gasteiger partial charge < -0.3 is 14.4 Å². The Bertz CT molecular complexity index is 771. The minimum absolute atomic E-state index is 0.0550. The Morgan fingerprint density at radius 1 is 1.27 bits per heavy atom. The molecule has 1 atom stereocenters. The molecule has 3 rings (SSSR count). The van der Waals surface area contributed by atoms with Gasteiger partial charge in [-0.3, -0.25) is 4.79 Å². The third kappa shape index (κ3) is 4.58. The Labute approximate surface area is 176 Å². The van der Waals surface area contributed by atoms with Crippen LogP contribution >= 0.6 is 38.5 Å². The first-order valence-electron chi connectivity index (χ1n) is 8.45. The van der Waals surface area contributed by atoms with Crippen LogP contribution in [0.3, 0.4) is 0 Å². The summed E-state index contributed by atoms with van der Waals surface area (Å²) in [5.74, 6) is 0.874. The van der Waals surface area contributed by atoms with E-state index in [0.717, 1.165) is 21.3 Å². The molecule has 138 valence electrons. The number of hydrogen-bond acceptors (Lipinski definition) is 3. The van der Waals surface area contributed by atoms with Crippen molar-refractivity contribution in [3.8, 4) is 5.75 Å². The maximum Gasteiger partial charge on any atom is 0.252 e. The quantitative estimate of drug-likeness (QED) is 0.541. The standard InChI is InChI=1S/C20H21BrINO3/c1-13-9-15(10-17(21)19(13)22)11-18-20(24)23(7-8-26-18)12-14-3-5-16(25-2)6-4-14/h3-6,9-10,18H,7-8,11-12H2,1-2H3. The number of methoxy groups -OCH3 is 1. The van der Waals surface area contributed by atoms with Gasteiger partial charge in [0.15, 0.2) is 0 Å². The predicted octanol–water partition coefficient (Wildman–Crippen LogP) is 4.34. The Morgan fingerprint density at radius 3 is 2.65 bits per heavy atom. The summed E-state index contributed by atoms with van der Waals surface area (Å²) < 4.78 is 13.2. The highest BCUT2D eigenvalue weighted by Crippen LogP contribution is 2.26. The fourth-order valence-electron chi connectivity index (χ4n) is 3.07. The number of rotatable bonds is 5. The smallest absolute Gasteiger partial charge is 0.252 e. The molecule has 0 bridgehead atoms. The van der Waals surface area contributed by atoms with E-state index in [-0.39, 0.29) is 5.91 Å². The number of carbonyl (C=O) groups is 1. The van der Waals surface area contributed by atoms with Gasteiger partial charge in [0.1, 0.15) is 11.9 Å². The normalized spacial score (nSPS) is 17.5. The van der Waals surface area contributed by atoms with E-state index >= 15 is 0 Å². The van der Waals surface area contributed by atoms with Crippen LogP contribution < -0.4 is 4.74 Å². The summed E-state index contributed by atoms with van der Waals surface area (Å²) in [6.07, 6.45) is 0.169. The molecule has 0 aromatic heterocycles. The Hall–Kier alpha value is -1.12. The van der Waals surface area contributed by atoms with Crippen LogP contribution in [-0.2, 0) is 22.5 Å². The van der Waals surface area contributed by atoms with Crippen LogP contribution in [0.25, 0.3) is 0 Å². The molecule has 0 radical (unpaired) electrons. The third-order valence-electron chi connectivity index (χ3n) is 4.49. The summed E-state index contributed by atoms with van der Waals surface area (Å²) in [5.41, 5.74) is 3.40. The number of carbonyl (C=O) groups excluding carboxylic acids is 1. The fourth-order valence-corrected chi connectivity index (χ4v) is 3.99. The second kappa shape index (κ2) is 8.71. The molecule has 1 heterocycles. The number of benzene rings is 2. The molecule has 6 heteroatoms. The molecular formula is C20H21BrINO3. The van der Waals surface area contributed by atoms with Crippen molar-refractivity contribution in [2.45, 2.75) is 26.0 Å². The second-order valence-electron chi connectivity index (χ2n) is 6.38. The first-order valence-corrected chi connectivity index (χ1v) is 10.3. The first-order chi connectivity index (χ1) is 12.5. The molecule has 1 saturated heterocycles. The lowest BCUT2D eigenvalue weighted by Gasteiger charge is -2.32. The van der Waals surface area contributed by atoms with Gasteiger partial charge in [-0.25, -0.2) is 0 Å². The van der Waals surface area contributed by atoms with Crippen molar-refractivity contribution >= 4 is 44.4 Å². The number of ether oxygens (including phenoxy) is 2. The number of amides is 1. The number of hydrogen-bond donors (Lipinski definition) is 0. The monoisotopic (exact) mass is 529 g/mol. The van der Waals surface area contributed by atoms with E-state index < -0.39 is 6.10 Å². The van der Waals surface area contributed by atoms with Gasteiger partial charge >= 0.3 is 0 Å². The van der Waals surface area contributed by atoms with Crippen LogP contribution in [0.5, 0.6) is 5.75 Å². The van der Waals surface area contributed by atoms with Crippen LogP contribution in [0, 0.1) is 10.5 Å². The molecule has 26 heavy (non-hydrogen) atoms. The van der Waals surface area contributed by atoms with Gasteiger partial charge in [0.25, 0.3) is 5.91 Å². The highest BCUT2D eigenvalue weighted by molar-refractivity contribution is 14.1. The molecule has 1 aliphatic rings. The van der Waals surface area contributed by atoms with E-state index in [0.29, 0.717) is 26.1 Å². The van der Waals surface area contributed by atoms with E-state index in [2.05, 4.69) is 57.6 Å². The molecular weight excluding hydrogens is 509 g/mol. The van der Waals surface area contributed by atoms with Crippen LogP contribution in [0.4, 0.5) is 0 Å². The molecule has 4 nitrogen and oxygen atoms in total. The van der Waals surface area contributed by atoms with Gasteiger partial charge in [0.05, 0.1) is 13.7 Å². The maximum absolute atomic E-state index is 12.9. The van der Waals surface area contributed by atoms with Crippen LogP contribution in [0.1, 0.15) is 16.7 Å². The number of morpholine rings is 1. The minimum atomic E-state index is -0.423. The largest absolute Gasteiger partial charge is 0.497 e. The molecule has 0 aliphatic carbocycles. The summed E-state index contributed by atoms with van der Waals surface area (Å²) in [6, 6.07) is 12.0. The summed E-state index contributed by atoms with van der Waals surface area (Å²) in [5, 5.41) is 0.